The summed E-state index contributed by atoms with van der Waals surface area (Å²) in [5.41, 5.74) is 1.02. The van der Waals surface area contributed by atoms with E-state index in [0.717, 1.165) is 5.69 Å². The first-order valence-electron chi connectivity index (χ1n) is 6.93. The molecule has 2 aromatic rings. The molecule has 0 unspecified atom stereocenters. The van der Waals surface area contributed by atoms with Gasteiger partial charge in [-0.15, -0.1) is 0 Å². The largest absolute Gasteiger partial charge is 0.305 e. The molecule has 0 spiro atoms. The number of rotatable bonds is 3. The maximum absolute atomic E-state index is 12.2. The Morgan fingerprint density at radius 1 is 1.41 bits per heavy atom. The number of sulfone groups is 1. The molecule has 0 aliphatic carbocycles. The van der Waals surface area contributed by atoms with Gasteiger partial charge >= 0.3 is 0 Å². The highest BCUT2D eigenvalue weighted by Crippen LogP contribution is 2.27. The Bertz CT molecular complexity index is 799. The lowest BCUT2D eigenvalue weighted by atomic mass is 10.3. The molecule has 1 saturated heterocycles. The number of carbonyl (C=O) groups is 1. The van der Waals surface area contributed by atoms with Crippen LogP contribution in [-0.4, -0.2) is 40.6 Å². The van der Waals surface area contributed by atoms with E-state index in [1.165, 1.54) is 0 Å². The van der Waals surface area contributed by atoms with Crippen molar-refractivity contribution < 1.29 is 13.2 Å². The fraction of sp³-hybridized carbons (Fsp3) is 0.357. The molecule has 1 aliphatic heterocycles. The maximum atomic E-state index is 12.2. The van der Waals surface area contributed by atoms with Gasteiger partial charge in [0.2, 0.25) is 0 Å². The van der Waals surface area contributed by atoms with Crippen molar-refractivity contribution in [2.45, 2.75) is 19.4 Å². The van der Waals surface area contributed by atoms with Crippen LogP contribution in [0.5, 0.6) is 0 Å². The van der Waals surface area contributed by atoms with Crippen LogP contribution >= 0.6 is 0 Å². The van der Waals surface area contributed by atoms with Crippen LogP contribution < -0.4 is 5.32 Å². The van der Waals surface area contributed by atoms with E-state index in [1.807, 2.05) is 0 Å². The zero-order valence-electron chi connectivity index (χ0n) is 12.1. The lowest BCUT2D eigenvalue weighted by Gasteiger charge is -2.13. The first kappa shape index (κ1) is 14.7. The fourth-order valence-electron chi connectivity index (χ4n) is 2.53. The summed E-state index contributed by atoms with van der Waals surface area (Å²) in [6.07, 6.45) is 2.05. The lowest BCUT2D eigenvalue weighted by molar-refractivity contribution is 0.102. The number of hydrogen-bond acceptors (Lipinski definition) is 5. The van der Waals surface area contributed by atoms with E-state index in [4.69, 9.17) is 0 Å². The number of nitrogens with zero attached hydrogens (tertiary/aromatic N) is 3. The molecule has 0 radical (unpaired) electrons. The molecular formula is C14H16N4O3S. The highest BCUT2D eigenvalue weighted by Gasteiger charge is 2.31. The SMILES string of the molecule is Cc1cc(NC(=O)c2ccccn2)n([C@H]2CCS(=O)(=O)C2)n1. The van der Waals surface area contributed by atoms with Gasteiger partial charge in [-0.25, -0.2) is 13.1 Å². The van der Waals surface area contributed by atoms with E-state index in [0.29, 0.717) is 17.9 Å². The van der Waals surface area contributed by atoms with Crippen LogP contribution in [0.3, 0.4) is 0 Å². The third-order valence-electron chi connectivity index (χ3n) is 3.55. The average Bonchev–Trinajstić information content (AvgIpc) is 3.02. The van der Waals surface area contributed by atoms with E-state index >= 15 is 0 Å². The second-order valence-electron chi connectivity index (χ2n) is 5.34. The minimum atomic E-state index is -3.02. The molecule has 1 aliphatic rings. The van der Waals surface area contributed by atoms with E-state index in [2.05, 4.69) is 15.4 Å². The summed E-state index contributed by atoms with van der Waals surface area (Å²) in [5, 5.41) is 7.08. The summed E-state index contributed by atoms with van der Waals surface area (Å²) in [6.45, 7) is 1.80. The third kappa shape index (κ3) is 3.01. The van der Waals surface area contributed by atoms with Crippen LogP contribution in [0.2, 0.25) is 0 Å². The molecule has 22 heavy (non-hydrogen) atoms. The normalized spacial score (nSPS) is 20.0. The zero-order valence-corrected chi connectivity index (χ0v) is 12.9. The van der Waals surface area contributed by atoms with Crippen molar-refractivity contribution in [2.75, 3.05) is 16.8 Å². The van der Waals surface area contributed by atoms with Gasteiger partial charge in [0.1, 0.15) is 11.5 Å². The average molecular weight is 320 g/mol. The van der Waals surface area contributed by atoms with Crippen molar-refractivity contribution in [1.82, 2.24) is 14.8 Å². The molecule has 116 valence electrons. The molecule has 1 N–H and O–H groups in total. The predicted octanol–water partition coefficient (Wildman–Crippen LogP) is 1.20. The van der Waals surface area contributed by atoms with Gasteiger partial charge in [-0.05, 0) is 25.5 Å². The number of aryl methyl sites for hydroxylation is 1. The van der Waals surface area contributed by atoms with E-state index in [9.17, 15) is 13.2 Å². The first-order chi connectivity index (χ1) is 10.4. The Balaban J connectivity index is 1.84. The minimum absolute atomic E-state index is 0.0561. The quantitative estimate of drug-likeness (QED) is 0.917. The van der Waals surface area contributed by atoms with Crippen LogP contribution in [-0.2, 0) is 9.84 Å². The Hall–Kier alpha value is -2.22. The predicted molar refractivity (Wildman–Crippen MR) is 81.5 cm³/mol. The summed E-state index contributed by atoms with van der Waals surface area (Å²) in [5.74, 6) is 0.364. The lowest BCUT2D eigenvalue weighted by Crippen LogP contribution is -2.20. The van der Waals surface area contributed by atoms with Gasteiger partial charge in [-0.1, -0.05) is 6.07 Å². The maximum Gasteiger partial charge on any atom is 0.275 e. The summed E-state index contributed by atoms with van der Waals surface area (Å²) >= 11 is 0. The standard InChI is InChI=1S/C14H16N4O3S/c1-10-8-13(16-14(19)12-4-2-3-6-15-12)18(17-10)11-5-7-22(20,21)9-11/h2-4,6,8,11H,5,7,9H2,1H3,(H,16,19)/t11-/m0/s1. The number of pyridine rings is 1. The molecule has 3 heterocycles. The summed E-state index contributed by atoms with van der Waals surface area (Å²) in [7, 11) is -3.02. The number of anilines is 1. The van der Waals surface area contributed by atoms with E-state index < -0.39 is 9.84 Å². The number of amides is 1. The van der Waals surface area contributed by atoms with E-state index in [1.54, 1.807) is 42.1 Å². The molecule has 2 aromatic heterocycles. The molecule has 1 amide bonds. The molecule has 0 saturated carbocycles. The van der Waals surface area contributed by atoms with Crippen molar-refractivity contribution in [3.8, 4) is 0 Å². The minimum Gasteiger partial charge on any atom is -0.305 e. The third-order valence-corrected chi connectivity index (χ3v) is 5.30. The Labute approximate surface area is 128 Å². The van der Waals surface area contributed by atoms with Crippen LogP contribution in [0, 0.1) is 6.92 Å². The van der Waals surface area contributed by atoms with Crippen molar-refractivity contribution in [1.29, 1.82) is 0 Å². The van der Waals surface area contributed by atoms with Gasteiger partial charge in [0.15, 0.2) is 9.84 Å². The molecule has 7 nitrogen and oxygen atoms in total. The summed E-state index contributed by atoms with van der Waals surface area (Å²) < 4.78 is 24.9. The molecule has 1 atom stereocenters. The number of hydrogen-bond donors (Lipinski definition) is 1. The molecule has 8 heteroatoms. The van der Waals surface area contributed by atoms with Crippen molar-refractivity contribution in [2.24, 2.45) is 0 Å². The highest BCUT2D eigenvalue weighted by atomic mass is 32.2. The summed E-state index contributed by atoms with van der Waals surface area (Å²) in [4.78, 5) is 16.2. The monoisotopic (exact) mass is 320 g/mol. The zero-order chi connectivity index (χ0) is 15.7. The van der Waals surface area contributed by atoms with Crippen molar-refractivity contribution >= 4 is 21.6 Å². The Morgan fingerprint density at radius 3 is 2.86 bits per heavy atom. The summed E-state index contributed by atoms with van der Waals surface area (Å²) in [6, 6.07) is 6.56. The van der Waals surface area contributed by atoms with Crippen LogP contribution in [0.15, 0.2) is 30.5 Å². The molecule has 0 aromatic carbocycles. The number of nitrogens with one attached hydrogen (secondary N) is 1. The van der Waals surface area contributed by atoms with Crippen LogP contribution in [0.25, 0.3) is 0 Å². The second kappa shape index (κ2) is 5.53. The molecule has 0 bridgehead atoms. The molecular weight excluding hydrogens is 304 g/mol. The number of aromatic nitrogens is 3. The van der Waals surface area contributed by atoms with Gasteiger partial charge < -0.3 is 5.32 Å². The van der Waals surface area contributed by atoms with Gasteiger partial charge in [0.05, 0.1) is 23.2 Å². The topological polar surface area (TPSA) is 94.0 Å². The van der Waals surface area contributed by atoms with E-state index in [-0.39, 0.29) is 23.5 Å². The van der Waals surface area contributed by atoms with Gasteiger partial charge in [-0.2, -0.15) is 5.10 Å². The molecule has 1 fully saturated rings. The van der Waals surface area contributed by atoms with Crippen LogP contribution in [0.1, 0.15) is 28.6 Å². The smallest absolute Gasteiger partial charge is 0.275 e. The van der Waals surface area contributed by atoms with Gasteiger partial charge in [0, 0.05) is 12.3 Å². The number of carbonyl (C=O) groups excluding carboxylic acids is 1. The first-order valence-corrected chi connectivity index (χ1v) is 8.76. The van der Waals surface area contributed by atoms with Crippen molar-refractivity contribution in [3.05, 3.63) is 41.9 Å². The second-order valence-corrected chi connectivity index (χ2v) is 7.57. The van der Waals surface area contributed by atoms with Crippen LogP contribution in [0.4, 0.5) is 5.82 Å². The highest BCUT2D eigenvalue weighted by molar-refractivity contribution is 7.91. The van der Waals surface area contributed by atoms with Crippen molar-refractivity contribution in [3.63, 3.8) is 0 Å². The Morgan fingerprint density at radius 2 is 2.23 bits per heavy atom. The Kier molecular flexibility index (Phi) is 3.69. The molecule has 3 rings (SSSR count). The van der Waals surface area contributed by atoms with Gasteiger partial charge in [0.25, 0.3) is 5.91 Å². The fourth-order valence-corrected chi connectivity index (χ4v) is 4.23. The van der Waals surface area contributed by atoms with Gasteiger partial charge in [-0.3, -0.25) is 9.78 Å².